The molecule has 10 heavy (non-hydrogen) atoms. The zero-order valence-electron chi connectivity index (χ0n) is 5.95. The predicted molar refractivity (Wildman–Crippen MR) is 38.7 cm³/mol. The van der Waals surface area contributed by atoms with Crippen LogP contribution < -0.4 is 5.73 Å². The van der Waals surface area contributed by atoms with E-state index in [1.165, 1.54) is 0 Å². The van der Waals surface area contributed by atoms with Gasteiger partial charge < -0.3 is 10.6 Å². The van der Waals surface area contributed by atoms with Crippen molar-refractivity contribution < 1.29 is 4.79 Å². The van der Waals surface area contributed by atoms with Gasteiger partial charge in [0.2, 0.25) is 0 Å². The van der Waals surface area contributed by atoms with Crippen LogP contribution >= 0.6 is 0 Å². The average Bonchev–Trinajstić information content (AvgIpc) is 2.34. The Morgan fingerprint density at radius 2 is 2.70 bits per heavy atom. The molecule has 0 aromatic heterocycles. The summed E-state index contributed by atoms with van der Waals surface area (Å²) in [5.41, 5.74) is 5.38. The minimum atomic E-state index is -0.0831. The molecule has 4 heteroatoms. The lowest BCUT2D eigenvalue weighted by molar-refractivity contribution is -0.117. The number of nitrogens with zero attached hydrogens (tertiary/aromatic N) is 2. The highest BCUT2D eigenvalue weighted by atomic mass is 16.2. The maximum absolute atomic E-state index is 10.6. The minimum Gasteiger partial charge on any atom is -0.349 e. The molecule has 1 amide bonds. The Balaban J connectivity index is 2.46. The zero-order valence-corrected chi connectivity index (χ0v) is 5.95. The van der Waals surface area contributed by atoms with Crippen molar-refractivity contribution in [2.75, 3.05) is 13.1 Å². The molecule has 1 rings (SSSR count). The van der Waals surface area contributed by atoms with E-state index < -0.39 is 0 Å². The maximum atomic E-state index is 10.6. The van der Waals surface area contributed by atoms with Gasteiger partial charge in [0.25, 0.3) is 5.91 Å². The van der Waals surface area contributed by atoms with Gasteiger partial charge in [-0.15, -0.1) is 0 Å². The fourth-order valence-electron chi connectivity index (χ4n) is 0.781. The highest BCUT2D eigenvalue weighted by Gasteiger charge is 2.17. The number of amides is 1. The number of nitrogens with two attached hydrogens (primary N) is 1. The van der Waals surface area contributed by atoms with Crippen LogP contribution in [-0.2, 0) is 4.79 Å². The minimum absolute atomic E-state index is 0.0831. The van der Waals surface area contributed by atoms with Crippen molar-refractivity contribution in [1.29, 1.82) is 0 Å². The Morgan fingerprint density at radius 1 is 2.00 bits per heavy atom. The Morgan fingerprint density at radius 3 is 3.10 bits per heavy atom. The van der Waals surface area contributed by atoms with Crippen LogP contribution in [0.3, 0.4) is 0 Å². The van der Waals surface area contributed by atoms with Crippen LogP contribution in [0.25, 0.3) is 0 Å². The summed E-state index contributed by atoms with van der Waals surface area (Å²) in [5.74, 6) is -0.0831. The lowest BCUT2D eigenvalue weighted by atomic mass is 10.3. The van der Waals surface area contributed by atoms with Crippen LogP contribution in [0.5, 0.6) is 0 Å². The second-order valence-electron chi connectivity index (χ2n) is 2.40. The number of hydrogen-bond donors (Lipinski definition) is 1. The summed E-state index contributed by atoms with van der Waals surface area (Å²) < 4.78 is 0. The van der Waals surface area contributed by atoms with E-state index in [0.29, 0.717) is 13.1 Å². The molecule has 56 valence electrons. The van der Waals surface area contributed by atoms with Crippen molar-refractivity contribution in [3.63, 3.8) is 0 Å². The van der Waals surface area contributed by atoms with Gasteiger partial charge >= 0.3 is 0 Å². The summed E-state index contributed by atoms with van der Waals surface area (Å²) in [5, 5.41) is 0. The number of rotatable bonds is 2. The van der Waals surface area contributed by atoms with E-state index in [4.69, 9.17) is 5.73 Å². The third-order valence-corrected chi connectivity index (χ3v) is 1.58. The molecule has 1 atom stereocenters. The first-order valence-corrected chi connectivity index (χ1v) is 3.27. The third-order valence-electron chi connectivity index (χ3n) is 1.58. The van der Waals surface area contributed by atoms with Crippen LogP contribution in [-0.4, -0.2) is 36.3 Å². The van der Waals surface area contributed by atoms with Gasteiger partial charge in [-0.05, 0) is 6.92 Å². The fourth-order valence-corrected chi connectivity index (χ4v) is 0.781. The number of carbonyl (C=O) groups excluding carboxylic acids is 1. The first-order chi connectivity index (χ1) is 4.74. The van der Waals surface area contributed by atoms with Gasteiger partial charge in [-0.25, -0.2) is 4.99 Å². The molecule has 1 unspecified atom stereocenters. The molecule has 1 heterocycles. The van der Waals surface area contributed by atoms with Crippen LogP contribution in [0.1, 0.15) is 6.92 Å². The van der Waals surface area contributed by atoms with Gasteiger partial charge in [0, 0.05) is 12.6 Å². The normalized spacial score (nSPS) is 20.2. The molecule has 2 N–H and O–H groups in total. The van der Waals surface area contributed by atoms with E-state index >= 15 is 0 Å². The molecule has 0 aromatic rings. The number of hydrogen-bond acceptors (Lipinski definition) is 3. The Bertz CT molecular complexity index is 166. The van der Waals surface area contributed by atoms with E-state index in [1.807, 2.05) is 11.8 Å². The first-order valence-electron chi connectivity index (χ1n) is 3.27. The van der Waals surface area contributed by atoms with E-state index in [-0.39, 0.29) is 11.9 Å². The van der Waals surface area contributed by atoms with Crippen molar-refractivity contribution >= 4 is 12.2 Å². The maximum Gasteiger partial charge on any atom is 0.266 e. The molecule has 0 saturated carbocycles. The molecule has 0 bridgehead atoms. The van der Waals surface area contributed by atoms with Gasteiger partial charge in [-0.3, -0.25) is 4.79 Å². The predicted octanol–water partition coefficient (Wildman–Crippen LogP) is -0.796. The van der Waals surface area contributed by atoms with E-state index in [9.17, 15) is 4.79 Å². The Kier molecular flexibility index (Phi) is 2.01. The lowest BCUT2D eigenvalue weighted by Crippen LogP contribution is -2.36. The molecule has 0 spiro atoms. The van der Waals surface area contributed by atoms with Gasteiger partial charge in [0.1, 0.15) is 6.54 Å². The average molecular weight is 141 g/mol. The van der Waals surface area contributed by atoms with E-state index in [2.05, 4.69) is 4.99 Å². The zero-order chi connectivity index (χ0) is 7.56. The molecule has 1 aliphatic rings. The van der Waals surface area contributed by atoms with Crippen LogP contribution in [0.15, 0.2) is 4.99 Å². The summed E-state index contributed by atoms with van der Waals surface area (Å²) in [6.45, 7) is 2.91. The van der Waals surface area contributed by atoms with Crippen molar-refractivity contribution in [2.45, 2.75) is 13.0 Å². The van der Waals surface area contributed by atoms with Crippen LogP contribution in [0.4, 0.5) is 0 Å². The van der Waals surface area contributed by atoms with Gasteiger partial charge in [-0.2, -0.15) is 0 Å². The highest BCUT2D eigenvalue weighted by molar-refractivity contribution is 5.92. The SMILES string of the molecule is CC(CN)N1C=NC(=O)C1. The monoisotopic (exact) mass is 141 g/mol. The second kappa shape index (κ2) is 2.79. The molecule has 0 radical (unpaired) electrons. The Hall–Kier alpha value is -0.900. The van der Waals surface area contributed by atoms with Crippen molar-refractivity contribution in [1.82, 2.24) is 4.90 Å². The highest BCUT2D eigenvalue weighted by Crippen LogP contribution is 1.99. The van der Waals surface area contributed by atoms with Gasteiger partial charge in [-0.1, -0.05) is 0 Å². The summed E-state index contributed by atoms with van der Waals surface area (Å²) in [4.78, 5) is 16.0. The molecule has 1 aliphatic heterocycles. The number of aliphatic imine (C=N–C) groups is 1. The van der Waals surface area contributed by atoms with Crippen LogP contribution in [0.2, 0.25) is 0 Å². The number of carbonyl (C=O) groups is 1. The molecule has 4 nitrogen and oxygen atoms in total. The van der Waals surface area contributed by atoms with E-state index in [1.54, 1.807) is 6.34 Å². The van der Waals surface area contributed by atoms with Crippen LogP contribution in [0, 0.1) is 0 Å². The summed E-state index contributed by atoms with van der Waals surface area (Å²) in [6, 6.07) is 0.218. The summed E-state index contributed by atoms with van der Waals surface area (Å²) >= 11 is 0. The smallest absolute Gasteiger partial charge is 0.266 e. The van der Waals surface area contributed by atoms with Gasteiger partial charge in [0.15, 0.2) is 0 Å². The van der Waals surface area contributed by atoms with E-state index in [0.717, 1.165) is 0 Å². The molecule has 0 aliphatic carbocycles. The second-order valence-corrected chi connectivity index (χ2v) is 2.40. The van der Waals surface area contributed by atoms with Crippen molar-refractivity contribution in [3.05, 3.63) is 0 Å². The fraction of sp³-hybridized carbons (Fsp3) is 0.667. The molecular weight excluding hydrogens is 130 g/mol. The molecule has 0 saturated heterocycles. The molecular formula is C6H11N3O. The largest absolute Gasteiger partial charge is 0.349 e. The van der Waals surface area contributed by atoms with Crippen molar-refractivity contribution in [3.8, 4) is 0 Å². The Labute approximate surface area is 59.7 Å². The lowest BCUT2D eigenvalue weighted by Gasteiger charge is -2.19. The topological polar surface area (TPSA) is 58.7 Å². The van der Waals surface area contributed by atoms with Crippen molar-refractivity contribution in [2.24, 2.45) is 10.7 Å². The van der Waals surface area contributed by atoms with Gasteiger partial charge in [0.05, 0.1) is 6.34 Å². The summed E-state index contributed by atoms with van der Waals surface area (Å²) in [7, 11) is 0. The standard InChI is InChI=1S/C6H11N3O/c1-5(2-7)9-3-6(10)8-4-9/h4-5H,2-3,7H2,1H3. The summed E-state index contributed by atoms with van der Waals surface area (Å²) in [6.07, 6.45) is 1.56. The third kappa shape index (κ3) is 1.33. The first kappa shape index (κ1) is 7.21. The quantitative estimate of drug-likeness (QED) is 0.548. The molecule has 0 fully saturated rings. The molecule has 0 aromatic carbocycles.